The number of ether oxygens (including phenoxy) is 3. The number of aromatic nitrogens is 2. The molecule has 0 spiro atoms. The Morgan fingerprint density at radius 2 is 1.79 bits per heavy atom. The van der Waals surface area contributed by atoms with Gasteiger partial charge in [0.1, 0.15) is 11.9 Å². The number of imidazole rings is 1. The van der Waals surface area contributed by atoms with Crippen molar-refractivity contribution in [2.24, 2.45) is 7.05 Å². The molecule has 246 valence electrons. The van der Waals surface area contributed by atoms with Crippen LogP contribution in [0, 0.1) is 0 Å². The Morgan fingerprint density at radius 1 is 1.02 bits per heavy atom. The zero-order valence-electron chi connectivity index (χ0n) is 27.4. The molecule has 0 saturated heterocycles. The molecule has 1 heterocycles. The number of hydrogen-bond donors (Lipinski definition) is 3. The molecule has 5 rings (SSSR count). The average molecular weight is 640 g/mol. The summed E-state index contributed by atoms with van der Waals surface area (Å²) in [6.07, 6.45) is 5.49. The van der Waals surface area contributed by atoms with Crippen LogP contribution in [-0.2, 0) is 23.1 Å². The molecule has 0 radical (unpaired) electrons. The molecule has 0 saturated carbocycles. The molecule has 0 aliphatic heterocycles. The van der Waals surface area contributed by atoms with Gasteiger partial charge in [0.05, 0.1) is 33.1 Å². The van der Waals surface area contributed by atoms with Gasteiger partial charge in [0.2, 0.25) is 23.0 Å². The lowest BCUT2D eigenvalue weighted by Gasteiger charge is -2.19. The number of benzene rings is 2. The molecule has 2 atom stereocenters. The molecule has 0 fully saturated rings. The number of carbonyl (C=O) groups is 2. The summed E-state index contributed by atoms with van der Waals surface area (Å²) in [5, 5.41) is 9.36. The lowest BCUT2D eigenvalue weighted by Crippen LogP contribution is -2.31. The molecule has 0 unspecified atom stereocenters. The van der Waals surface area contributed by atoms with Crippen molar-refractivity contribution in [1.29, 1.82) is 0 Å². The topological polar surface area (TPSA) is 133 Å². The van der Waals surface area contributed by atoms with E-state index < -0.39 is 6.04 Å². The molecule has 1 aliphatic carbocycles. The number of rotatable bonds is 12. The van der Waals surface area contributed by atoms with Crippen molar-refractivity contribution in [3.8, 4) is 28.4 Å². The van der Waals surface area contributed by atoms with Crippen LogP contribution in [-0.4, -0.2) is 49.2 Å². The molecule has 4 aromatic rings. The van der Waals surface area contributed by atoms with Gasteiger partial charge in [0, 0.05) is 44.9 Å². The monoisotopic (exact) mass is 639 g/mol. The molecule has 3 N–H and O–H groups in total. The van der Waals surface area contributed by atoms with E-state index in [2.05, 4.69) is 20.9 Å². The van der Waals surface area contributed by atoms with Gasteiger partial charge in [-0.05, 0) is 59.7 Å². The van der Waals surface area contributed by atoms with Gasteiger partial charge in [-0.2, -0.15) is 0 Å². The Balaban J connectivity index is 1.37. The van der Waals surface area contributed by atoms with Crippen LogP contribution in [0.5, 0.6) is 17.2 Å². The zero-order chi connectivity index (χ0) is 33.5. The minimum absolute atomic E-state index is 0.123. The van der Waals surface area contributed by atoms with Crippen molar-refractivity contribution in [2.75, 3.05) is 33.2 Å². The highest BCUT2D eigenvalue weighted by atomic mass is 16.5. The summed E-state index contributed by atoms with van der Waals surface area (Å²) in [5.41, 5.74) is 4.26. The maximum Gasteiger partial charge on any atom is 0.220 e. The van der Waals surface area contributed by atoms with Crippen molar-refractivity contribution in [2.45, 2.75) is 44.7 Å². The van der Waals surface area contributed by atoms with E-state index in [0.29, 0.717) is 54.3 Å². The van der Waals surface area contributed by atoms with Gasteiger partial charge in [0.15, 0.2) is 11.5 Å². The van der Waals surface area contributed by atoms with E-state index in [1.807, 2.05) is 60.3 Å². The maximum absolute atomic E-state index is 13.6. The number of aryl methyl sites for hydroxylation is 2. The van der Waals surface area contributed by atoms with Crippen molar-refractivity contribution in [3.63, 3.8) is 0 Å². The summed E-state index contributed by atoms with van der Waals surface area (Å²) in [5.74, 6) is 1.89. The van der Waals surface area contributed by atoms with E-state index >= 15 is 0 Å². The fourth-order valence-corrected chi connectivity index (χ4v) is 6.16. The molecule has 47 heavy (non-hydrogen) atoms. The number of nitrogens with one attached hydrogen (secondary N) is 3. The van der Waals surface area contributed by atoms with Crippen LogP contribution in [0.2, 0.25) is 0 Å². The summed E-state index contributed by atoms with van der Waals surface area (Å²) in [7, 11) is 6.58. The predicted octanol–water partition coefficient (Wildman–Crippen LogP) is 4.69. The van der Waals surface area contributed by atoms with E-state index in [0.717, 1.165) is 28.1 Å². The third-order valence-electron chi connectivity index (χ3n) is 8.37. The minimum Gasteiger partial charge on any atom is -0.493 e. The highest BCUT2D eigenvalue weighted by Gasteiger charge is 2.29. The first kappa shape index (κ1) is 33.1. The number of nitrogens with zero attached hydrogens (tertiary/aromatic N) is 2. The Kier molecular flexibility index (Phi) is 10.4. The number of anilines is 1. The summed E-state index contributed by atoms with van der Waals surface area (Å²) in [6, 6.07) is 16.0. The van der Waals surface area contributed by atoms with Crippen molar-refractivity contribution < 1.29 is 23.8 Å². The second kappa shape index (κ2) is 14.8. The number of carbonyl (C=O) groups excluding carboxylic acids is 2. The van der Waals surface area contributed by atoms with E-state index in [9.17, 15) is 14.4 Å². The van der Waals surface area contributed by atoms with Crippen LogP contribution in [0.25, 0.3) is 11.1 Å². The Bertz CT molecular complexity index is 1810. The molecule has 3 aromatic carbocycles. The molecule has 0 bridgehead atoms. The highest BCUT2D eigenvalue weighted by Crippen LogP contribution is 2.50. The van der Waals surface area contributed by atoms with Gasteiger partial charge in [-0.15, -0.1) is 0 Å². The van der Waals surface area contributed by atoms with Gasteiger partial charge in [0.25, 0.3) is 0 Å². The molecule has 11 nitrogen and oxygen atoms in total. The first-order valence-corrected chi connectivity index (χ1v) is 15.6. The summed E-state index contributed by atoms with van der Waals surface area (Å²) < 4.78 is 19.0. The van der Waals surface area contributed by atoms with Crippen LogP contribution in [0.3, 0.4) is 0 Å². The first-order chi connectivity index (χ1) is 22.7. The number of methoxy groups -OCH3 is 3. The predicted molar refractivity (Wildman–Crippen MR) is 180 cm³/mol. The van der Waals surface area contributed by atoms with Crippen molar-refractivity contribution in [1.82, 2.24) is 20.2 Å². The van der Waals surface area contributed by atoms with E-state index in [1.54, 1.807) is 39.7 Å². The number of amides is 2. The summed E-state index contributed by atoms with van der Waals surface area (Å²) in [4.78, 5) is 43.3. The molecule has 2 amide bonds. The lowest BCUT2D eigenvalue weighted by molar-refractivity contribution is -0.122. The van der Waals surface area contributed by atoms with Crippen LogP contribution in [0.15, 0.2) is 71.8 Å². The van der Waals surface area contributed by atoms with Crippen molar-refractivity contribution in [3.05, 3.63) is 99.7 Å². The van der Waals surface area contributed by atoms with Crippen LogP contribution >= 0.6 is 0 Å². The largest absolute Gasteiger partial charge is 0.493 e. The third-order valence-corrected chi connectivity index (χ3v) is 8.37. The minimum atomic E-state index is -0.399. The van der Waals surface area contributed by atoms with Gasteiger partial charge in [-0.25, -0.2) is 4.98 Å². The molecular weight excluding hydrogens is 598 g/mol. The second-order valence-electron chi connectivity index (χ2n) is 11.4. The van der Waals surface area contributed by atoms with Crippen LogP contribution < -0.4 is 35.6 Å². The van der Waals surface area contributed by atoms with Crippen LogP contribution in [0.1, 0.15) is 60.8 Å². The number of hydrogen-bond acceptors (Lipinski definition) is 8. The highest BCUT2D eigenvalue weighted by molar-refractivity contribution is 5.84. The molecular formula is C36H41N5O6. The average Bonchev–Trinajstić information content (AvgIpc) is 3.36. The molecule has 11 heteroatoms. The Hall–Kier alpha value is -5.32. The van der Waals surface area contributed by atoms with Gasteiger partial charge in [-0.1, -0.05) is 36.4 Å². The van der Waals surface area contributed by atoms with Crippen molar-refractivity contribution >= 4 is 17.5 Å². The zero-order valence-corrected chi connectivity index (χ0v) is 27.4. The summed E-state index contributed by atoms with van der Waals surface area (Å²) >= 11 is 0. The molecule has 1 aliphatic rings. The molecule has 1 aromatic heterocycles. The second-order valence-corrected chi connectivity index (χ2v) is 11.4. The SMILES string of the molecule is COc1cc2c(c(OC)c1OC)-c1ccc(NCCCC(=O)N[C@H](c3ccccc3)c3nccn3C)c(=O)cc1[C@@H](NC(C)=O)CC2. The third kappa shape index (κ3) is 7.24. The van der Waals surface area contributed by atoms with Crippen LogP contribution in [0.4, 0.5) is 5.69 Å². The standard InChI is InChI=1S/C36H41N5O6/c1-22(42)39-27-15-13-24-20-30(45-3)34(46-4)35(47-5)32(24)25-14-16-28(29(43)21-26(25)27)37-17-9-12-31(44)40-33(23-10-7-6-8-11-23)36-38-18-19-41(36)2/h6-8,10-11,14,16,18-21,27,33H,9,12-13,15,17H2,1-5H3,(H,37,43)(H,39,42)(H,40,44)/t27-,33+/m0/s1. The quantitative estimate of drug-likeness (QED) is 0.190. The Labute approximate surface area is 274 Å². The first-order valence-electron chi connectivity index (χ1n) is 15.6. The fraction of sp³-hybridized carbons (Fsp3) is 0.333. The van der Waals surface area contributed by atoms with Gasteiger partial charge in [-0.3, -0.25) is 14.4 Å². The normalized spacial score (nSPS) is 14.1. The van der Waals surface area contributed by atoms with E-state index in [-0.39, 0.29) is 29.7 Å². The van der Waals surface area contributed by atoms with Gasteiger partial charge < -0.3 is 34.7 Å². The summed E-state index contributed by atoms with van der Waals surface area (Å²) in [6.45, 7) is 1.86. The van der Waals surface area contributed by atoms with E-state index in [1.165, 1.54) is 6.92 Å². The number of fused-ring (bicyclic) bond motifs is 3. The smallest absolute Gasteiger partial charge is 0.220 e. The Morgan fingerprint density at radius 3 is 2.45 bits per heavy atom. The van der Waals surface area contributed by atoms with Gasteiger partial charge >= 0.3 is 0 Å². The van der Waals surface area contributed by atoms with E-state index in [4.69, 9.17) is 14.2 Å². The maximum atomic E-state index is 13.6. The fourth-order valence-electron chi connectivity index (χ4n) is 6.16. The lowest BCUT2D eigenvalue weighted by atomic mass is 9.95.